The van der Waals surface area contributed by atoms with Crippen molar-refractivity contribution in [1.29, 1.82) is 0 Å². The predicted molar refractivity (Wildman–Crippen MR) is 125 cm³/mol. The van der Waals surface area contributed by atoms with E-state index in [1.54, 1.807) is 35.2 Å². The van der Waals surface area contributed by atoms with Gasteiger partial charge in [-0.3, -0.25) is 14.4 Å². The first kappa shape index (κ1) is 26.3. The Kier molecular flexibility index (Phi) is 9.83. The maximum Gasteiger partial charge on any atom is 0.307 e. The van der Waals surface area contributed by atoms with Gasteiger partial charge in [-0.05, 0) is 56.3 Å². The lowest BCUT2D eigenvalue weighted by Crippen LogP contribution is -2.30. The number of nitrogens with zero attached hydrogens (tertiary/aromatic N) is 1. The summed E-state index contributed by atoms with van der Waals surface area (Å²) in [6.07, 6.45) is -0.255. The van der Waals surface area contributed by atoms with Crippen molar-refractivity contribution in [3.05, 3.63) is 59.1 Å². The van der Waals surface area contributed by atoms with Crippen LogP contribution in [-0.4, -0.2) is 57.3 Å². The SMILES string of the molecule is CCN(CC)C(=O)c1ccc(NC(=O)COC(=O)CCNS(=O)(=O)c2cccc(Cl)c2)cc1. The molecular formula is C22H26ClN3O6S. The van der Waals surface area contributed by atoms with Crippen LogP contribution >= 0.6 is 11.6 Å². The number of rotatable bonds is 11. The van der Waals surface area contributed by atoms with Gasteiger partial charge < -0.3 is 15.0 Å². The van der Waals surface area contributed by atoms with Crippen LogP contribution in [0.4, 0.5) is 5.69 Å². The number of benzene rings is 2. The minimum Gasteiger partial charge on any atom is -0.456 e. The highest BCUT2D eigenvalue weighted by Gasteiger charge is 2.16. The standard InChI is InChI=1S/C22H26ClN3O6S/c1-3-26(4-2)22(29)16-8-10-18(11-9-16)25-20(27)15-32-21(28)12-13-24-33(30,31)19-7-5-6-17(23)14-19/h5-11,14,24H,3-4,12-13,15H2,1-2H3,(H,25,27). The van der Waals surface area contributed by atoms with Gasteiger partial charge in [-0.25, -0.2) is 13.1 Å². The van der Waals surface area contributed by atoms with Crippen LogP contribution in [0, 0.1) is 0 Å². The highest BCUT2D eigenvalue weighted by molar-refractivity contribution is 7.89. The van der Waals surface area contributed by atoms with Gasteiger partial charge in [0.15, 0.2) is 6.61 Å². The molecule has 0 spiro atoms. The zero-order valence-corrected chi connectivity index (χ0v) is 19.9. The van der Waals surface area contributed by atoms with E-state index in [0.29, 0.717) is 24.3 Å². The maximum atomic E-state index is 12.3. The van der Waals surface area contributed by atoms with Crippen LogP contribution in [0.1, 0.15) is 30.6 Å². The fourth-order valence-corrected chi connectivity index (χ4v) is 4.14. The summed E-state index contributed by atoms with van der Waals surface area (Å²) in [5.41, 5.74) is 0.949. The van der Waals surface area contributed by atoms with Crippen molar-refractivity contribution >= 4 is 45.1 Å². The third-order valence-corrected chi connectivity index (χ3v) is 6.25. The highest BCUT2D eigenvalue weighted by atomic mass is 35.5. The molecule has 2 amide bonds. The van der Waals surface area contributed by atoms with Gasteiger partial charge >= 0.3 is 5.97 Å². The first-order valence-corrected chi connectivity index (χ1v) is 12.1. The molecule has 2 aromatic carbocycles. The number of ether oxygens (including phenoxy) is 1. The Morgan fingerprint density at radius 2 is 1.70 bits per heavy atom. The molecule has 2 aromatic rings. The van der Waals surface area contributed by atoms with Crippen molar-refractivity contribution in [2.24, 2.45) is 0 Å². The summed E-state index contributed by atoms with van der Waals surface area (Å²) in [7, 11) is -3.82. The molecule has 2 rings (SSSR count). The molecular weight excluding hydrogens is 470 g/mol. The van der Waals surface area contributed by atoms with Gasteiger partial charge in [0.2, 0.25) is 10.0 Å². The van der Waals surface area contributed by atoms with Crippen LogP contribution in [0.2, 0.25) is 5.02 Å². The first-order valence-electron chi connectivity index (χ1n) is 10.3. The summed E-state index contributed by atoms with van der Waals surface area (Å²) in [6, 6.07) is 12.1. The zero-order valence-electron chi connectivity index (χ0n) is 18.3. The molecule has 0 aliphatic carbocycles. The van der Waals surface area contributed by atoms with Crippen molar-refractivity contribution in [3.63, 3.8) is 0 Å². The van der Waals surface area contributed by atoms with Gasteiger partial charge in [-0.2, -0.15) is 0 Å². The third kappa shape index (κ3) is 8.16. The molecule has 178 valence electrons. The fraction of sp³-hybridized carbons (Fsp3) is 0.318. The molecule has 0 atom stereocenters. The monoisotopic (exact) mass is 495 g/mol. The number of hydrogen-bond acceptors (Lipinski definition) is 6. The second kappa shape index (κ2) is 12.3. The number of anilines is 1. The van der Waals surface area contributed by atoms with Crippen LogP contribution < -0.4 is 10.0 Å². The van der Waals surface area contributed by atoms with Crippen LogP contribution in [0.25, 0.3) is 0 Å². The minimum atomic E-state index is -3.82. The Morgan fingerprint density at radius 1 is 1.03 bits per heavy atom. The maximum absolute atomic E-state index is 12.3. The average Bonchev–Trinajstić information content (AvgIpc) is 2.79. The summed E-state index contributed by atoms with van der Waals surface area (Å²) in [6.45, 7) is 4.26. The number of sulfonamides is 1. The molecule has 0 saturated carbocycles. The molecule has 33 heavy (non-hydrogen) atoms. The van der Waals surface area contributed by atoms with Crippen LogP contribution in [-0.2, 0) is 24.3 Å². The minimum absolute atomic E-state index is 0.0208. The van der Waals surface area contributed by atoms with E-state index in [4.69, 9.17) is 16.3 Å². The number of nitrogens with one attached hydrogen (secondary N) is 2. The number of hydrogen-bond donors (Lipinski definition) is 2. The van der Waals surface area contributed by atoms with Crippen molar-refractivity contribution < 1.29 is 27.5 Å². The number of amides is 2. The van der Waals surface area contributed by atoms with E-state index in [9.17, 15) is 22.8 Å². The highest BCUT2D eigenvalue weighted by Crippen LogP contribution is 2.15. The average molecular weight is 496 g/mol. The van der Waals surface area contributed by atoms with E-state index in [0.717, 1.165) is 0 Å². The van der Waals surface area contributed by atoms with E-state index in [2.05, 4.69) is 10.0 Å². The fourth-order valence-electron chi connectivity index (χ4n) is 2.81. The number of carbonyl (C=O) groups is 3. The summed E-state index contributed by atoms with van der Waals surface area (Å²) in [5, 5.41) is 2.83. The zero-order chi connectivity index (χ0) is 24.4. The molecule has 0 aromatic heterocycles. The van der Waals surface area contributed by atoms with Crippen molar-refractivity contribution in [3.8, 4) is 0 Å². The van der Waals surface area contributed by atoms with E-state index in [1.165, 1.54) is 18.2 Å². The van der Waals surface area contributed by atoms with Gasteiger partial charge in [-0.15, -0.1) is 0 Å². The second-order valence-electron chi connectivity index (χ2n) is 6.87. The molecule has 2 N–H and O–H groups in total. The van der Waals surface area contributed by atoms with Gasteiger partial charge in [-0.1, -0.05) is 17.7 Å². The molecule has 0 heterocycles. The Balaban J connectivity index is 1.76. The van der Waals surface area contributed by atoms with Crippen molar-refractivity contribution in [2.45, 2.75) is 25.2 Å². The molecule has 0 bridgehead atoms. The number of carbonyl (C=O) groups excluding carboxylic acids is 3. The van der Waals surface area contributed by atoms with Crippen molar-refractivity contribution in [2.75, 3.05) is 31.6 Å². The normalized spacial score (nSPS) is 11.0. The molecule has 0 fully saturated rings. The molecule has 0 saturated heterocycles. The van der Waals surface area contributed by atoms with Crippen LogP contribution in [0.15, 0.2) is 53.4 Å². The van der Waals surface area contributed by atoms with E-state index in [-0.39, 0.29) is 28.8 Å². The topological polar surface area (TPSA) is 122 Å². The lowest BCUT2D eigenvalue weighted by molar-refractivity contribution is -0.147. The molecule has 0 aliphatic rings. The van der Waals surface area contributed by atoms with E-state index in [1.807, 2.05) is 13.8 Å². The van der Waals surface area contributed by atoms with E-state index < -0.39 is 28.5 Å². The Hall–Kier alpha value is -2.95. The summed E-state index contributed by atoms with van der Waals surface area (Å²) >= 11 is 5.79. The Morgan fingerprint density at radius 3 is 2.30 bits per heavy atom. The van der Waals surface area contributed by atoms with Gasteiger partial charge in [0.1, 0.15) is 0 Å². The predicted octanol–water partition coefficient (Wildman–Crippen LogP) is 2.67. The summed E-state index contributed by atoms with van der Waals surface area (Å²) in [5.74, 6) is -1.40. The molecule has 9 nitrogen and oxygen atoms in total. The van der Waals surface area contributed by atoms with Gasteiger partial charge in [0.05, 0.1) is 11.3 Å². The first-order chi connectivity index (χ1) is 15.7. The Labute approximate surface area is 198 Å². The molecule has 0 aliphatic heterocycles. The van der Waals surface area contributed by atoms with Gasteiger partial charge in [0, 0.05) is 35.9 Å². The quantitative estimate of drug-likeness (QED) is 0.462. The second-order valence-corrected chi connectivity index (χ2v) is 9.07. The third-order valence-electron chi connectivity index (χ3n) is 4.56. The van der Waals surface area contributed by atoms with E-state index >= 15 is 0 Å². The molecule has 11 heteroatoms. The summed E-state index contributed by atoms with van der Waals surface area (Å²) in [4.78, 5) is 37.8. The lowest BCUT2D eigenvalue weighted by Gasteiger charge is -2.18. The number of halogens is 1. The van der Waals surface area contributed by atoms with Gasteiger partial charge in [0.25, 0.3) is 11.8 Å². The van der Waals surface area contributed by atoms with Crippen LogP contribution in [0.3, 0.4) is 0 Å². The summed E-state index contributed by atoms with van der Waals surface area (Å²) < 4.78 is 31.5. The molecule has 0 unspecified atom stereocenters. The smallest absolute Gasteiger partial charge is 0.307 e. The van der Waals surface area contributed by atoms with Crippen molar-refractivity contribution in [1.82, 2.24) is 9.62 Å². The molecule has 0 radical (unpaired) electrons. The van der Waals surface area contributed by atoms with Crippen LogP contribution in [0.5, 0.6) is 0 Å². The lowest BCUT2D eigenvalue weighted by atomic mass is 10.2. The largest absolute Gasteiger partial charge is 0.456 e. The Bertz CT molecular complexity index is 1090. The number of esters is 1.